The highest BCUT2D eigenvalue weighted by molar-refractivity contribution is 7.12. The molecule has 0 amide bonds. The monoisotopic (exact) mass is 223 g/mol. The Morgan fingerprint density at radius 3 is 2.73 bits per heavy atom. The van der Waals surface area contributed by atoms with Crippen LogP contribution in [0.3, 0.4) is 0 Å². The van der Waals surface area contributed by atoms with E-state index in [2.05, 4.69) is 15.4 Å². The first-order valence-electron chi connectivity index (χ1n) is 4.31. The lowest BCUT2D eigenvalue weighted by atomic mass is 10.1. The Bertz CT molecular complexity index is 515. The fourth-order valence-electron chi connectivity index (χ4n) is 1.43. The van der Waals surface area contributed by atoms with Crippen molar-refractivity contribution in [3.8, 4) is 11.3 Å². The van der Waals surface area contributed by atoms with Gasteiger partial charge < -0.3 is 5.11 Å². The van der Waals surface area contributed by atoms with Crippen LogP contribution >= 0.6 is 11.3 Å². The van der Waals surface area contributed by atoms with Crippen LogP contribution in [0.4, 0.5) is 0 Å². The summed E-state index contributed by atoms with van der Waals surface area (Å²) in [4.78, 5) is 13.0. The molecule has 2 N–H and O–H groups in total. The summed E-state index contributed by atoms with van der Waals surface area (Å²) in [5.74, 6) is -1.07. The fraction of sp³-hybridized carbons (Fsp3) is 0.222. The zero-order valence-corrected chi connectivity index (χ0v) is 9.05. The fourth-order valence-corrected chi connectivity index (χ4v) is 2.36. The predicted molar refractivity (Wildman–Crippen MR) is 56.1 cm³/mol. The molecule has 0 aliphatic carbocycles. The van der Waals surface area contributed by atoms with Crippen LogP contribution in [0.2, 0.25) is 0 Å². The van der Waals surface area contributed by atoms with Crippen molar-refractivity contribution in [2.45, 2.75) is 13.8 Å². The van der Waals surface area contributed by atoms with Gasteiger partial charge in [-0.1, -0.05) is 0 Å². The zero-order valence-electron chi connectivity index (χ0n) is 8.24. The minimum absolute atomic E-state index is 0.0316. The summed E-state index contributed by atoms with van der Waals surface area (Å²) in [6, 6.07) is 1.92. The van der Waals surface area contributed by atoms with Crippen LogP contribution < -0.4 is 0 Å². The Labute approximate surface area is 89.8 Å². The van der Waals surface area contributed by atoms with Crippen LogP contribution in [0.25, 0.3) is 11.3 Å². The smallest absolute Gasteiger partial charge is 0.358 e. The number of aryl methyl sites for hydroxylation is 2. The first-order valence-corrected chi connectivity index (χ1v) is 5.12. The molecular formula is C9H9N3O2S. The van der Waals surface area contributed by atoms with E-state index >= 15 is 0 Å². The van der Waals surface area contributed by atoms with Crippen molar-refractivity contribution in [2.75, 3.05) is 0 Å². The molecule has 0 aliphatic rings. The van der Waals surface area contributed by atoms with Gasteiger partial charge in [-0.05, 0) is 19.9 Å². The Morgan fingerprint density at radius 1 is 1.47 bits per heavy atom. The Kier molecular flexibility index (Phi) is 2.28. The average molecular weight is 223 g/mol. The van der Waals surface area contributed by atoms with E-state index < -0.39 is 5.97 Å². The van der Waals surface area contributed by atoms with Crippen LogP contribution in [0.1, 0.15) is 20.2 Å². The van der Waals surface area contributed by atoms with Crippen LogP contribution in [-0.2, 0) is 0 Å². The van der Waals surface area contributed by atoms with Gasteiger partial charge in [0.05, 0.1) is 0 Å². The van der Waals surface area contributed by atoms with Crippen LogP contribution in [0.15, 0.2) is 6.07 Å². The van der Waals surface area contributed by atoms with Crippen molar-refractivity contribution >= 4 is 17.3 Å². The molecule has 0 unspecified atom stereocenters. The molecule has 0 fully saturated rings. The van der Waals surface area contributed by atoms with Crippen molar-refractivity contribution in [3.05, 3.63) is 21.5 Å². The molecule has 0 aliphatic heterocycles. The first kappa shape index (κ1) is 9.85. The number of hydrogen-bond acceptors (Lipinski definition) is 4. The molecule has 0 atom stereocenters. The molecule has 2 rings (SSSR count). The second-order valence-electron chi connectivity index (χ2n) is 3.15. The maximum atomic E-state index is 10.9. The minimum atomic E-state index is -1.07. The van der Waals surface area contributed by atoms with E-state index in [1.165, 1.54) is 0 Å². The number of rotatable bonds is 2. The number of aromatic amines is 1. The molecule has 0 saturated carbocycles. The van der Waals surface area contributed by atoms with E-state index in [0.29, 0.717) is 5.69 Å². The van der Waals surface area contributed by atoms with Gasteiger partial charge in [0.25, 0.3) is 0 Å². The topological polar surface area (TPSA) is 78.9 Å². The summed E-state index contributed by atoms with van der Waals surface area (Å²) in [5.41, 5.74) is 1.21. The average Bonchev–Trinajstić information content (AvgIpc) is 2.71. The lowest BCUT2D eigenvalue weighted by Gasteiger charge is -1.94. The van der Waals surface area contributed by atoms with Gasteiger partial charge in [0, 0.05) is 15.3 Å². The third kappa shape index (κ3) is 1.63. The molecule has 78 valence electrons. The standard InChI is InChI=1S/C9H9N3O2S/c1-4-3-6(5(2)15-4)7-8(9(13)14)11-12-10-7/h3H,1-2H3,(H,13,14)(H,10,11,12). The third-order valence-electron chi connectivity index (χ3n) is 2.05. The largest absolute Gasteiger partial charge is 0.476 e. The van der Waals surface area contributed by atoms with E-state index in [9.17, 15) is 4.79 Å². The van der Waals surface area contributed by atoms with Crippen LogP contribution in [0.5, 0.6) is 0 Å². The van der Waals surface area contributed by atoms with E-state index in [1.807, 2.05) is 19.9 Å². The van der Waals surface area contributed by atoms with Crippen molar-refractivity contribution in [1.82, 2.24) is 15.4 Å². The summed E-state index contributed by atoms with van der Waals surface area (Å²) in [5, 5.41) is 18.7. The lowest BCUT2D eigenvalue weighted by molar-refractivity contribution is 0.0691. The van der Waals surface area contributed by atoms with Crippen molar-refractivity contribution in [1.29, 1.82) is 0 Å². The molecule has 2 heterocycles. The SMILES string of the molecule is Cc1cc(-c2n[nH]nc2C(=O)O)c(C)s1. The molecule has 0 spiro atoms. The number of H-pyrrole nitrogens is 1. The molecule has 0 radical (unpaired) electrons. The maximum Gasteiger partial charge on any atom is 0.358 e. The highest BCUT2D eigenvalue weighted by Crippen LogP contribution is 2.30. The van der Waals surface area contributed by atoms with Crippen LogP contribution in [-0.4, -0.2) is 26.5 Å². The van der Waals surface area contributed by atoms with Gasteiger partial charge in [0.2, 0.25) is 0 Å². The normalized spacial score (nSPS) is 10.5. The Balaban J connectivity index is 2.58. The zero-order chi connectivity index (χ0) is 11.0. The third-order valence-corrected chi connectivity index (χ3v) is 3.01. The summed E-state index contributed by atoms with van der Waals surface area (Å²) >= 11 is 1.61. The summed E-state index contributed by atoms with van der Waals surface area (Å²) in [7, 11) is 0. The van der Waals surface area contributed by atoms with E-state index in [-0.39, 0.29) is 5.69 Å². The molecule has 0 bridgehead atoms. The first-order chi connectivity index (χ1) is 7.09. The van der Waals surface area contributed by atoms with E-state index in [0.717, 1.165) is 15.3 Å². The number of aromatic nitrogens is 3. The van der Waals surface area contributed by atoms with E-state index in [1.54, 1.807) is 11.3 Å². The van der Waals surface area contributed by atoms with Gasteiger partial charge >= 0.3 is 5.97 Å². The highest BCUT2D eigenvalue weighted by atomic mass is 32.1. The van der Waals surface area contributed by atoms with Crippen molar-refractivity contribution in [3.63, 3.8) is 0 Å². The number of carboxylic acids is 1. The summed E-state index contributed by atoms with van der Waals surface area (Å²) in [6.45, 7) is 3.91. The van der Waals surface area contributed by atoms with Crippen molar-refractivity contribution < 1.29 is 9.90 Å². The van der Waals surface area contributed by atoms with Gasteiger partial charge in [0.1, 0.15) is 5.69 Å². The second kappa shape index (κ2) is 3.47. The molecule has 0 aromatic carbocycles. The Hall–Kier alpha value is -1.69. The van der Waals surface area contributed by atoms with Gasteiger partial charge in [-0.3, -0.25) is 0 Å². The lowest BCUT2D eigenvalue weighted by Crippen LogP contribution is -1.99. The molecule has 2 aromatic rings. The highest BCUT2D eigenvalue weighted by Gasteiger charge is 2.19. The molecular weight excluding hydrogens is 214 g/mol. The van der Waals surface area contributed by atoms with Gasteiger partial charge in [-0.15, -0.1) is 16.4 Å². The summed E-state index contributed by atoms with van der Waals surface area (Å²) in [6.07, 6.45) is 0. The second-order valence-corrected chi connectivity index (χ2v) is 4.61. The Morgan fingerprint density at radius 2 is 2.20 bits per heavy atom. The van der Waals surface area contributed by atoms with Gasteiger partial charge in [-0.25, -0.2) is 4.79 Å². The number of nitrogens with zero attached hydrogens (tertiary/aromatic N) is 2. The van der Waals surface area contributed by atoms with Gasteiger partial charge in [-0.2, -0.15) is 10.3 Å². The van der Waals surface area contributed by atoms with Crippen LogP contribution in [0, 0.1) is 13.8 Å². The number of hydrogen-bond donors (Lipinski definition) is 2. The maximum absolute atomic E-state index is 10.9. The molecule has 15 heavy (non-hydrogen) atoms. The van der Waals surface area contributed by atoms with Gasteiger partial charge in [0.15, 0.2) is 5.69 Å². The van der Waals surface area contributed by atoms with E-state index in [4.69, 9.17) is 5.11 Å². The quantitative estimate of drug-likeness (QED) is 0.814. The summed E-state index contributed by atoms with van der Waals surface area (Å²) < 4.78 is 0. The molecule has 0 saturated heterocycles. The number of nitrogens with one attached hydrogen (secondary N) is 1. The molecule has 6 heteroatoms. The number of carbonyl (C=O) groups is 1. The number of carboxylic acid groups (broad SMARTS) is 1. The number of aromatic carboxylic acids is 1. The predicted octanol–water partition coefficient (Wildman–Crippen LogP) is 1.85. The van der Waals surface area contributed by atoms with Crippen molar-refractivity contribution in [2.24, 2.45) is 0 Å². The molecule has 5 nitrogen and oxygen atoms in total. The minimum Gasteiger partial charge on any atom is -0.476 e. The molecule has 2 aromatic heterocycles. The number of thiophene rings is 1.